The van der Waals surface area contributed by atoms with Gasteiger partial charge in [-0.05, 0) is 38.5 Å². The Morgan fingerprint density at radius 2 is 2.28 bits per heavy atom. The largest absolute Gasteiger partial charge is 0.446 e. The molecule has 1 saturated carbocycles. The van der Waals surface area contributed by atoms with Crippen LogP contribution in [0, 0.1) is 5.92 Å². The first-order chi connectivity index (χ1) is 8.63. The second-order valence-corrected chi connectivity index (χ2v) is 5.59. The number of hydrogen-bond donors (Lipinski definition) is 1. The lowest BCUT2D eigenvalue weighted by Crippen LogP contribution is -2.37. The minimum Gasteiger partial charge on any atom is -0.446 e. The van der Waals surface area contributed by atoms with E-state index in [2.05, 4.69) is 25.2 Å². The van der Waals surface area contributed by atoms with Crippen LogP contribution in [0.4, 0.5) is 4.79 Å². The highest BCUT2D eigenvalue weighted by Crippen LogP contribution is 2.25. The molecular weight excluding hydrogens is 226 g/mol. The van der Waals surface area contributed by atoms with Crippen LogP contribution >= 0.6 is 0 Å². The molecule has 3 heteroatoms. The van der Waals surface area contributed by atoms with Gasteiger partial charge in [0, 0.05) is 0 Å². The molecule has 1 fully saturated rings. The average Bonchev–Trinajstić information content (AvgIpc) is 2.32. The molecule has 100 valence electrons. The summed E-state index contributed by atoms with van der Waals surface area (Å²) in [6.07, 6.45) is 11.4. The van der Waals surface area contributed by atoms with Gasteiger partial charge in [0.05, 0.1) is 6.04 Å². The molecule has 2 aliphatic rings. The first-order valence-electron chi connectivity index (χ1n) is 6.95. The zero-order valence-electron chi connectivity index (χ0n) is 11.3. The highest BCUT2D eigenvalue weighted by Gasteiger charge is 2.22. The van der Waals surface area contributed by atoms with E-state index in [4.69, 9.17) is 4.74 Å². The fourth-order valence-corrected chi connectivity index (χ4v) is 2.66. The fraction of sp³-hybridized carbons (Fsp3) is 0.667. The molecular formula is C15H23NO2. The van der Waals surface area contributed by atoms with Crippen LogP contribution in [0.2, 0.25) is 0 Å². The maximum absolute atomic E-state index is 11.8. The highest BCUT2D eigenvalue weighted by molar-refractivity contribution is 5.68. The molecule has 3 nitrogen and oxygen atoms in total. The van der Waals surface area contributed by atoms with Crippen LogP contribution in [0.5, 0.6) is 0 Å². The van der Waals surface area contributed by atoms with Gasteiger partial charge in [-0.15, -0.1) is 0 Å². The van der Waals surface area contributed by atoms with E-state index < -0.39 is 0 Å². The lowest BCUT2D eigenvalue weighted by atomic mass is 9.89. The Balaban J connectivity index is 1.74. The van der Waals surface area contributed by atoms with Crippen molar-refractivity contribution in [3.8, 4) is 0 Å². The van der Waals surface area contributed by atoms with Crippen LogP contribution in [-0.4, -0.2) is 18.2 Å². The second kappa shape index (κ2) is 6.07. The van der Waals surface area contributed by atoms with Crippen molar-refractivity contribution in [3.05, 3.63) is 23.8 Å². The molecule has 18 heavy (non-hydrogen) atoms. The topological polar surface area (TPSA) is 38.3 Å². The van der Waals surface area contributed by atoms with Gasteiger partial charge in [-0.2, -0.15) is 0 Å². The van der Waals surface area contributed by atoms with Crippen molar-refractivity contribution in [3.63, 3.8) is 0 Å². The number of alkyl carbamates (subject to hydrolysis) is 1. The lowest BCUT2D eigenvalue weighted by molar-refractivity contribution is 0.0613. The van der Waals surface area contributed by atoms with E-state index in [1.807, 2.05) is 12.2 Å². The molecule has 0 saturated heterocycles. The van der Waals surface area contributed by atoms with E-state index in [1.165, 1.54) is 18.4 Å². The fourth-order valence-electron chi connectivity index (χ4n) is 2.66. The van der Waals surface area contributed by atoms with Crippen molar-refractivity contribution >= 4 is 6.09 Å². The number of allylic oxidation sites excluding steroid dienone is 2. The van der Waals surface area contributed by atoms with Gasteiger partial charge < -0.3 is 10.1 Å². The minimum absolute atomic E-state index is 0.0854. The minimum atomic E-state index is -0.267. The first kappa shape index (κ1) is 13.2. The number of carbonyl (C=O) groups excluding carboxylic acids is 1. The Labute approximate surface area is 109 Å². The van der Waals surface area contributed by atoms with Gasteiger partial charge in [0.15, 0.2) is 0 Å². The third-order valence-electron chi connectivity index (χ3n) is 3.75. The smallest absolute Gasteiger partial charge is 0.407 e. The van der Waals surface area contributed by atoms with Gasteiger partial charge in [0.1, 0.15) is 6.10 Å². The van der Waals surface area contributed by atoms with E-state index in [-0.39, 0.29) is 18.2 Å². The molecule has 1 amide bonds. The number of hydrogen-bond acceptors (Lipinski definition) is 2. The number of nitrogens with one attached hydrogen (secondary N) is 1. The van der Waals surface area contributed by atoms with Gasteiger partial charge in [-0.25, -0.2) is 4.79 Å². The van der Waals surface area contributed by atoms with Crippen LogP contribution in [0.15, 0.2) is 23.8 Å². The SMILES string of the molecule is CC1=CCC(NC(=O)OC2CCCC(C)C2)C=C1. The molecule has 0 aliphatic heterocycles. The van der Waals surface area contributed by atoms with Gasteiger partial charge in [-0.3, -0.25) is 0 Å². The van der Waals surface area contributed by atoms with Gasteiger partial charge in [-0.1, -0.05) is 37.1 Å². The molecule has 0 spiro atoms. The Bertz CT molecular complexity index is 360. The zero-order valence-corrected chi connectivity index (χ0v) is 11.3. The lowest BCUT2D eigenvalue weighted by Gasteiger charge is -2.27. The number of amides is 1. The summed E-state index contributed by atoms with van der Waals surface area (Å²) < 4.78 is 5.49. The van der Waals surface area contributed by atoms with Crippen LogP contribution < -0.4 is 5.32 Å². The molecule has 2 aliphatic carbocycles. The summed E-state index contributed by atoms with van der Waals surface area (Å²) in [7, 11) is 0. The normalized spacial score (nSPS) is 31.7. The Hall–Kier alpha value is -1.25. The molecule has 0 aromatic carbocycles. The van der Waals surface area contributed by atoms with Gasteiger partial charge in [0.2, 0.25) is 0 Å². The molecule has 3 unspecified atom stereocenters. The van der Waals surface area contributed by atoms with Crippen molar-refractivity contribution in [1.29, 1.82) is 0 Å². The molecule has 3 atom stereocenters. The molecule has 2 rings (SSSR count). The third-order valence-corrected chi connectivity index (χ3v) is 3.75. The summed E-state index contributed by atoms with van der Waals surface area (Å²) in [5.41, 5.74) is 1.25. The molecule has 0 heterocycles. The van der Waals surface area contributed by atoms with Crippen molar-refractivity contribution in [2.45, 2.75) is 58.1 Å². The summed E-state index contributed by atoms with van der Waals surface area (Å²) in [5, 5.41) is 2.91. The highest BCUT2D eigenvalue weighted by atomic mass is 16.6. The zero-order chi connectivity index (χ0) is 13.0. The number of ether oxygens (including phenoxy) is 1. The standard InChI is InChI=1S/C15H23NO2/c1-11-6-8-13(9-7-11)16-15(17)18-14-5-3-4-12(2)10-14/h6-8,12-14H,3-5,9-10H2,1-2H3,(H,16,17). The second-order valence-electron chi connectivity index (χ2n) is 5.59. The van der Waals surface area contributed by atoms with Crippen LogP contribution in [0.1, 0.15) is 46.0 Å². The summed E-state index contributed by atoms with van der Waals surface area (Å²) in [4.78, 5) is 11.8. The Morgan fingerprint density at radius 1 is 1.44 bits per heavy atom. The monoisotopic (exact) mass is 249 g/mol. The van der Waals surface area contributed by atoms with Crippen molar-refractivity contribution in [2.75, 3.05) is 0 Å². The molecule has 0 aromatic rings. The van der Waals surface area contributed by atoms with Crippen molar-refractivity contribution < 1.29 is 9.53 Å². The van der Waals surface area contributed by atoms with E-state index in [0.29, 0.717) is 5.92 Å². The maximum atomic E-state index is 11.8. The van der Waals surface area contributed by atoms with Crippen molar-refractivity contribution in [1.82, 2.24) is 5.32 Å². The predicted octanol–water partition coefficient (Wildman–Crippen LogP) is 3.57. The molecule has 0 radical (unpaired) electrons. The van der Waals surface area contributed by atoms with E-state index in [0.717, 1.165) is 19.3 Å². The van der Waals surface area contributed by atoms with Crippen molar-refractivity contribution in [2.24, 2.45) is 5.92 Å². The van der Waals surface area contributed by atoms with E-state index in [1.54, 1.807) is 0 Å². The number of rotatable bonds is 2. The van der Waals surface area contributed by atoms with E-state index >= 15 is 0 Å². The number of carbonyl (C=O) groups is 1. The Kier molecular flexibility index (Phi) is 4.45. The molecule has 1 N–H and O–H groups in total. The maximum Gasteiger partial charge on any atom is 0.407 e. The summed E-state index contributed by atoms with van der Waals surface area (Å²) in [6, 6.07) is 0.0854. The molecule has 0 aromatic heterocycles. The van der Waals surface area contributed by atoms with Crippen LogP contribution in [0.3, 0.4) is 0 Å². The summed E-state index contributed by atoms with van der Waals surface area (Å²) >= 11 is 0. The van der Waals surface area contributed by atoms with Gasteiger partial charge in [0.25, 0.3) is 0 Å². The van der Waals surface area contributed by atoms with Crippen LogP contribution in [-0.2, 0) is 4.74 Å². The van der Waals surface area contributed by atoms with E-state index in [9.17, 15) is 4.79 Å². The third kappa shape index (κ3) is 3.90. The average molecular weight is 249 g/mol. The van der Waals surface area contributed by atoms with Gasteiger partial charge >= 0.3 is 6.09 Å². The quantitative estimate of drug-likeness (QED) is 0.812. The molecule has 0 bridgehead atoms. The predicted molar refractivity (Wildman–Crippen MR) is 72.3 cm³/mol. The first-order valence-corrected chi connectivity index (χ1v) is 6.95. The summed E-state index contributed by atoms with van der Waals surface area (Å²) in [5.74, 6) is 0.678. The Morgan fingerprint density at radius 3 is 2.94 bits per heavy atom. The van der Waals surface area contributed by atoms with Crippen LogP contribution in [0.25, 0.3) is 0 Å². The summed E-state index contributed by atoms with van der Waals surface area (Å²) in [6.45, 7) is 4.29.